The van der Waals surface area contributed by atoms with Crippen molar-refractivity contribution in [3.05, 3.63) is 48.0 Å². The van der Waals surface area contributed by atoms with Crippen LogP contribution in [0.25, 0.3) is 10.8 Å². The smallest absolute Gasteiger partial charge is 0.00149 e. The molecule has 2 saturated carbocycles. The van der Waals surface area contributed by atoms with E-state index in [2.05, 4.69) is 54.8 Å². The molecule has 0 saturated heterocycles. The van der Waals surface area contributed by atoms with Crippen LogP contribution >= 0.6 is 0 Å². The second-order valence-electron chi connectivity index (χ2n) is 6.69. The van der Waals surface area contributed by atoms with Gasteiger partial charge < -0.3 is 5.32 Å². The minimum absolute atomic E-state index is 0.783. The second-order valence-corrected chi connectivity index (χ2v) is 6.69. The summed E-state index contributed by atoms with van der Waals surface area (Å²) >= 11 is 0. The Kier molecular flexibility index (Phi) is 3.03. The van der Waals surface area contributed by atoms with Crippen molar-refractivity contribution in [1.29, 1.82) is 0 Å². The summed E-state index contributed by atoms with van der Waals surface area (Å²) in [5.41, 5.74) is 1.58. The molecule has 0 spiro atoms. The van der Waals surface area contributed by atoms with Crippen molar-refractivity contribution in [3.8, 4) is 0 Å². The van der Waals surface area contributed by atoms with Crippen LogP contribution in [-0.4, -0.2) is 13.6 Å². The predicted molar refractivity (Wildman–Crippen MR) is 84.9 cm³/mol. The summed E-state index contributed by atoms with van der Waals surface area (Å²) in [6.07, 6.45) is 4.37. The Morgan fingerprint density at radius 2 is 1.80 bits per heavy atom. The molecule has 2 bridgehead atoms. The van der Waals surface area contributed by atoms with Crippen LogP contribution in [0, 0.1) is 17.8 Å². The third kappa shape index (κ3) is 1.88. The van der Waals surface area contributed by atoms with Gasteiger partial charge in [0, 0.05) is 0 Å². The zero-order valence-electron chi connectivity index (χ0n) is 12.2. The van der Waals surface area contributed by atoms with Gasteiger partial charge in [-0.1, -0.05) is 42.5 Å². The number of fused-ring (bicyclic) bond motifs is 3. The molecule has 2 aromatic carbocycles. The van der Waals surface area contributed by atoms with Crippen molar-refractivity contribution in [1.82, 2.24) is 5.32 Å². The average molecular weight is 265 g/mol. The Labute approximate surface area is 121 Å². The Bertz CT molecular complexity index is 618. The lowest BCUT2D eigenvalue weighted by Gasteiger charge is -2.31. The lowest BCUT2D eigenvalue weighted by molar-refractivity contribution is 0.282. The van der Waals surface area contributed by atoms with Crippen LogP contribution in [0.3, 0.4) is 0 Å². The van der Waals surface area contributed by atoms with Gasteiger partial charge >= 0.3 is 0 Å². The van der Waals surface area contributed by atoms with E-state index >= 15 is 0 Å². The van der Waals surface area contributed by atoms with Crippen molar-refractivity contribution >= 4 is 10.8 Å². The third-order valence-electron chi connectivity index (χ3n) is 5.69. The number of benzene rings is 2. The molecule has 20 heavy (non-hydrogen) atoms. The van der Waals surface area contributed by atoms with Crippen LogP contribution in [0.15, 0.2) is 42.5 Å². The first-order valence-corrected chi connectivity index (χ1v) is 8.00. The summed E-state index contributed by atoms with van der Waals surface area (Å²) < 4.78 is 0. The third-order valence-corrected chi connectivity index (χ3v) is 5.69. The molecule has 4 atom stereocenters. The molecular weight excluding hydrogens is 242 g/mol. The molecule has 0 amide bonds. The first kappa shape index (κ1) is 12.4. The minimum Gasteiger partial charge on any atom is -0.319 e. The van der Waals surface area contributed by atoms with Crippen LogP contribution < -0.4 is 5.32 Å². The Morgan fingerprint density at radius 3 is 2.65 bits per heavy atom. The van der Waals surface area contributed by atoms with E-state index in [1.54, 1.807) is 5.56 Å². The highest BCUT2D eigenvalue weighted by molar-refractivity contribution is 5.83. The molecule has 1 heteroatoms. The quantitative estimate of drug-likeness (QED) is 0.877. The fourth-order valence-electron chi connectivity index (χ4n) is 4.87. The molecule has 2 fully saturated rings. The highest BCUT2D eigenvalue weighted by Gasteiger charge is 2.47. The van der Waals surface area contributed by atoms with Gasteiger partial charge in [0.05, 0.1) is 0 Å². The maximum atomic E-state index is 3.43. The Hall–Kier alpha value is -1.34. The van der Waals surface area contributed by atoms with Gasteiger partial charge in [0.15, 0.2) is 0 Å². The van der Waals surface area contributed by atoms with Gasteiger partial charge in [-0.05, 0) is 72.9 Å². The van der Waals surface area contributed by atoms with Crippen LogP contribution in [-0.2, 0) is 0 Å². The molecule has 0 unspecified atom stereocenters. The Balaban J connectivity index is 1.73. The molecule has 2 aliphatic rings. The molecule has 1 N–H and O–H groups in total. The molecule has 2 aliphatic carbocycles. The summed E-state index contributed by atoms with van der Waals surface area (Å²) in [5.74, 6) is 3.52. The number of hydrogen-bond donors (Lipinski definition) is 1. The van der Waals surface area contributed by atoms with Crippen molar-refractivity contribution in [2.75, 3.05) is 13.6 Å². The molecule has 2 aromatic rings. The topological polar surface area (TPSA) is 12.0 Å². The van der Waals surface area contributed by atoms with Gasteiger partial charge in [-0.25, -0.2) is 0 Å². The lowest BCUT2D eigenvalue weighted by atomic mass is 9.75. The summed E-state index contributed by atoms with van der Waals surface area (Å²) in [7, 11) is 2.10. The maximum absolute atomic E-state index is 3.43. The van der Waals surface area contributed by atoms with Gasteiger partial charge in [-0.2, -0.15) is 0 Å². The summed E-state index contributed by atoms with van der Waals surface area (Å²) in [6, 6.07) is 15.9. The number of hydrogen-bond acceptors (Lipinski definition) is 1. The van der Waals surface area contributed by atoms with E-state index in [0.29, 0.717) is 0 Å². The summed E-state index contributed by atoms with van der Waals surface area (Å²) in [6.45, 7) is 1.18. The zero-order chi connectivity index (χ0) is 13.5. The van der Waals surface area contributed by atoms with Crippen LogP contribution in [0.4, 0.5) is 0 Å². The standard InChI is InChI=1S/C19H23N/c1-20-12-18-15-7-9-17(11-15)19(18)16-8-6-13-4-2-3-5-14(13)10-16/h2-6,8,10,15,17-20H,7,9,11-12H2,1H3/t15-,17+,18-,19-/m0/s1. The minimum atomic E-state index is 0.783. The van der Waals surface area contributed by atoms with Gasteiger partial charge in [0.2, 0.25) is 0 Å². The zero-order valence-corrected chi connectivity index (χ0v) is 12.2. The monoisotopic (exact) mass is 265 g/mol. The fourth-order valence-corrected chi connectivity index (χ4v) is 4.87. The predicted octanol–water partition coefficient (Wildman–Crippen LogP) is 4.19. The highest BCUT2D eigenvalue weighted by Crippen LogP contribution is 2.56. The largest absolute Gasteiger partial charge is 0.319 e. The van der Waals surface area contributed by atoms with Gasteiger partial charge in [0.1, 0.15) is 0 Å². The fraction of sp³-hybridized carbons (Fsp3) is 0.474. The van der Waals surface area contributed by atoms with Gasteiger partial charge in [0.25, 0.3) is 0 Å². The lowest BCUT2D eigenvalue weighted by Crippen LogP contribution is -2.29. The molecular formula is C19H23N. The van der Waals surface area contributed by atoms with Crippen molar-refractivity contribution < 1.29 is 0 Å². The molecule has 104 valence electrons. The first-order chi connectivity index (χ1) is 9.86. The second kappa shape index (κ2) is 4.89. The molecule has 0 radical (unpaired) electrons. The van der Waals surface area contributed by atoms with E-state index in [0.717, 1.165) is 23.7 Å². The SMILES string of the molecule is CNC[C@H]1[C@H]2CC[C@H](C2)[C@@H]1c1ccc2ccccc2c1. The normalized spacial score (nSPS) is 32.0. The number of rotatable bonds is 3. The van der Waals surface area contributed by atoms with E-state index in [1.807, 2.05) is 0 Å². The van der Waals surface area contributed by atoms with E-state index in [9.17, 15) is 0 Å². The van der Waals surface area contributed by atoms with Crippen molar-refractivity contribution in [2.45, 2.75) is 25.2 Å². The maximum Gasteiger partial charge on any atom is -0.00149 e. The van der Waals surface area contributed by atoms with Gasteiger partial charge in [-0.15, -0.1) is 0 Å². The van der Waals surface area contributed by atoms with Crippen LogP contribution in [0.5, 0.6) is 0 Å². The molecule has 4 rings (SSSR count). The molecule has 0 aromatic heterocycles. The molecule has 0 aliphatic heterocycles. The Morgan fingerprint density at radius 1 is 1.00 bits per heavy atom. The van der Waals surface area contributed by atoms with Crippen molar-refractivity contribution in [2.24, 2.45) is 17.8 Å². The van der Waals surface area contributed by atoms with E-state index in [1.165, 1.54) is 36.6 Å². The van der Waals surface area contributed by atoms with E-state index < -0.39 is 0 Å². The van der Waals surface area contributed by atoms with Crippen LogP contribution in [0.1, 0.15) is 30.7 Å². The number of nitrogens with one attached hydrogen (secondary N) is 1. The van der Waals surface area contributed by atoms with Crippen LogP contribution in [0.2, 0.25) is 0 Å². The van der Waals surface area contributed by atoms with Gasteiger partial charge in [-0.3, -0.25) is 0 Å². The highest BCUT2D eigenvalue weighted by atomic mass is 14.8. The summed E-state index contributed by atoms with van der Waals surface area (Å²) in [5, 5.41) is 6.20. The molecule has 1 nitrogen and oxygen atoms in total. The first-order valence-electron chi connectivity index (χ1n) is 8.00. The van der Waals surface area contributed by atoms with Crippen molar-refractivity contribution in [3.63, 3.8) is 0 Å². The molecule has 0 heterocycles. The van der Waals surface area contributed by atoms with E-state index in [-0.39, 0.29) is 0 Å². The average Bonchev–Trinajstić information content (AvgIpc) is 3.08. The van der Waals surface area contributed by atoms with E-state index in [4.69, 9.17) is 0 Å². The summed E-state index contributed by atoms with van der Waals surface area (Å²) in [4.78, 5) is 0.